The second-order valence-corrected chi connectivity index (χ2v) is 11.6. The van der Waals surface area contributed by atoms with Crippen LogP contribution in [0.3, 0.4) is 0 Å². The fourth-order valence-electron chi connectivity index (χ4n) is 4.63. The lowest BCUT2D eigenvalue weighted by molar-refractivity contribution is -0.145. The van der Waals surface area contributed by atoms with Crippen molar-refractivity contribution in [2.45, 2.75) is 168 Å². The molecular formula is C30H60N2O2S2. The molecule has 0 aromatic carbocycles. The van der Waals surface area contributed by atoms with Crippen molar-refractivity contribution >= 4 is 37.4 Å². The smallest absolute Gasteiger partial charge is 0.281 e. The minimum absolute atomic E-state index is 0.519. The summed E-state index contributed by atoms with van der Waals surface area (Å²) in [6.07, 6.45) is 30.6. The molecule has 2 amide bonds. The fraction of sp³-hybridized carbons (Fsp3) is 0.933. The van der Waals surface area contributed by atoms with Gasteiger partial charge in [-0.1, -0.05) is 181 Å². The highest BCUT2D eigenvalue weighted by molar-refractivity contribution is 7.79. The minimum atomic E-state index is -0.560. The fourth-order valence-corrected chi connectivity index (χ4v) is 5.08. The zero-order chi connectivity index (χ0) is 26.7. The molecule has 214 valence electrons. The number of carbonyl (C=O) groups excluding carboxylic acids is 2. The number of hydrogen-bond donors (Lipinski definition) is 2. The summed E-state index contributed by atoms with van der Waals surface area (Å²) in [6, 6.07) is 0. The Morgan fingerprint density at radius 1 is 0.389 bits per heavy atom. The molecule has 0 heterocycles. The van der Waals surface area contributed by atoms with E-state index in [-0.39, 0.29) is 0 Å². The van der Waals surface area contributed by atoms with Crippen LogP contribution < -0.4 is 0 Å². The van der Waals surface area contributed by atoms with Gasteiger partial charge in [0.2, 0.25) is 0 Å². The summed E-state index contributed by atoms with van der Waals surface area (Å²) in [5.74, 6) is -1.12. The van der Waals surface area contributed by atoms with Crippen molar-refractivity contribution in [3.8, 4) is 0 Å². The molecule has 0 radical (unpaired) electrons. The van der Waals surface area contributed by atoms with Gasteiger partial charge in [-0.25, -0.2) is 0 Å². The zero-order valence-electron chi connectivity index (χ0n) is 24.0. The molecule has 0 bridgehead atoms. The van der Waals surface area contributed by atoms with Gasteiger partial charge in [-0.2, -0.15) is 0 Å². The second-order valence-electron chi connectivity index (χ2n) is 10.6. The van der Waals surface area contributed by atoms with Crippen LogP contribution in [0.15, 0.2) is 0 Å². The summed E-state index contributed by atoms with van der Waals surface area (Å²) in [4.78, 5) is 24.7. The Labute approximate surface area is 236 Å². The normalized spacial score (nSPS) is 11.1. The van der Waals surface area contributed by atoms with E-state index in [1.807, 2.05) is 0 Å². The molecule has 0 unspecified atom stereocenters. The molecule has 0 saturated heterocycles. The van der Waals surface area contributed by atoms with Crippen LogP contribution in [0.25, 0.3) is 0 Å². The SMILES string of the molecule is CCCCCCCCCCCCCCN(S)C(=O)C(=O)N(S)CCCCCCCCCCCCCC. The Kier molecular flexibility index (Phi) is 27.4. The quantitative estimate of drug-likeness (QED) is 0.0646. The molecule has 0 atom stereocenters. The van der Waals surface area contributed by atoms with E-state index in [2.05, 4.69) is 39.5 Å². The largest absolute Gasteiger partial charge is 0.322 e. The van der Waals surface area contributed by atoms with Gasteiger partial charge in [0.15, 0.2) is 0 Å². The topological polar surface area (TPSA) is 40.6 Å². The van der Waals surface area contributed by atoms with Gasteiger partial charge in [0.05, 0.1) is 0 Å². The van der Waals surface area contributed by atoms with Crippen LogP contribution in [0.4, 0.5) is 0 Å². The van der Waals surface area contributed by atoms with Gasteiger partial charge >= 0.3 is 11.8 Å². The molecule has 0 spiro atoms. The molecule has 0 N–H and O–H groups in total. The summed E-state index contributed by atoms with van der Waals surface area (Å²) in [5.41, 5.74) is 0. The van der Waals surface area contributed by atoms with Gasteiger partial charge in [-0.3, -0.25) is 18.2 Å². The standard InChI is InChI=1S/C30H60N2O2S2/c1-3-5-7-9-11-13-15-17-19-21-23-25-27-31(35)29(33)30(34)32(36)28-26-24-22-20-18-16-14-12-10-8-6-4-2/h35-36H,3-28H2,1-2H3. The van der Waals surface area contributed by atoms with Crippen molar-refractivity contribution in [2.75, 3.05) is 13.1 Å². The summed E-state index contributed by atoms with van der Waals surface area (Å²) < 4.78 is 2.54. The van der Waals surface area contributed by atoms with E-state index in [1.54, 1.807) is 0 Å². The third kappa shape index (κ3) is 22.8. The third-order valence-electron chi connectivity index (χ3n) is 7.10. The van der Waals surface area contributed by atoms with Gasteiger partial charge in [-0.15, -0.1) is 0 Å². The molecule has 6 heteroatoms. The van der Waals surface area contributed by atoms with Gasteiger partial charge in [0.25, 0.3) is 0 Å². The molecule has 0 rings (SSSR count). The predicted molar refractivity (Wildman–Crippen MR) is 164 cm³/mol. The van der Waals surface area contributed by atoms with Crippen molar-refractivity contribution in [1.82, 2.24) is 8.61 Å². The highest BCUT2D eigenvalue weighted by atomic mass is 32.1. The van der Waals surface area contributed by atoms with Crippen LogP contribution in [0.1, 0.15) is 168 Å². The molecule has 0 aliphatic heterocycles. The molecule has 0 aromatic heterocycles. The van der Waals surface area contributed by atoms with Crippen LogP contribution in [0.2, 0.25) is 0 Å². The predicted octanol–water partition coefficient (Wildman–Crippen LogP) is 9.74. The first-order valence-corrected chi connectivity index (χ1v) is 16.4. The maximum Gasteiger partial charge on any atom is 0.322 e. The van der Waals surface area contributed by atoms with Crippen LogP contribution in [-0.4, -0.2) is 33.5 Å². The summed E-state index contributed by atoms with van der Waals surface area (Å²) in [5, 5.41) is 0. The maximum absolute atomic E-state index is 12.3. The lowest BCUT2D eigenvalue weighted by atomic mass is 10.1. The number of thiol groups is 2. The molecular weight excluding hydrogens is 484 g/mol. The van der Waals surface area contributed by atoms with Crippen molar-refractivity contribution < 1.29 is 9.59 Å². The van der Waals surface area contributed by atoms with E-state index in [9.17, 15) is 9.59 Å². The van der Waals surface area contributed by atoms with E-state index in [1.165, 1.54) is 137 Å². The van der Waals surface area contributed by atoms with Gasteiger partial charge in [0.1, 0.15) is 0 Å². The molecule has 0 aliphatic rings. The van der Waals surface area contributed by atoms with E-state index in [0.29, 0.717) is 13.1 Å². The molecule has 0 aliphatic carbocycles. The van der Waals surface area contributed by atoms with Crippen molar-refractivity contribution in [3.05, 3.63) is 0 Å². The van der Waals surface area contributed by atoms with E-state index in [4.69, 9.17) is 0 Å². The monoisotopic (exact) mass is 544 g/mol. The Hall–Kier alpha value is -0.360. The van der Waals surface area contributed by atoms with Gasteiger partial charge in [-0.05, 0) is 12.8 Å². The average molecular weight is 545 g/mol. The van der Waals surface area contributed by atoms with Gasteiger partial charge < -0.3 is 0 Å². The summed E-state index contributed by atoms with van der Waals surface area (Å²) >= 11 is 8.51. The van der Waals surface area contributed by atoms with E-state index >= 15 is 0 Å². The lowest BCUT2D eigenvalue weighted by Gasteiger charge is -2.19. The Bertz CT molecular complexity index is 461. The molecule has 0 fully saturated rings. The van der Waals surface area contributed by atoms with Crippen LogP contribution in [0.5, 0.6) is 0 Å². The lowest BCUT2D eigenvalue weighted by Crippen LogP contribution is -2.38. The Morgan fingerprint density at radius 3 is 0.806 bits per heavy atom. The first kappa shape index (κ1) is 35.6. The van der Waals surface area contributed by atoms with Crippen molar-refractivity contribution in [3.63, 3.8) is 0 Å². The number of hydrogen-bond acceptors (Lipinski definition) is 4. The highest BCUT2D eigenvalue weighted by Gasteiger charge is 2.23. The minimum Gasteiger partial charge on any atom is -0.281 e. The molecule has 0 saturated carbocycles. The number of amides is 2. The van der Waals surface area contributed by atoms with Crippen LogP contribution >= 0.6 is 25.6 Å². The maximum atomic E-state index is 12.3. The zero-order valence-corrected chi connectivity index (χ0v) is 25.8. The summed E-state index contributed by atoms with van der Waals surface area (Å²) in [7, 11) is 0. The molecule has 4 nitrogen and oxygen atoms in total. The number of unbranched alkanes of at least 4 members (excludes halogenated alkanes) is 22. The third-order valence-corrected chi connectivity index (χ3v) is 7.86. The van der Waals surface area contributed by atoms with Crippen LogP contribution in [-0.2, 0) is 9.59 Å². The first-order chi connectivity index (χ1) is 17.5. The Morgan fingerprint density at radius 2 is 0.583 bits per heavy atom. The summed E-state index contributed by atoms with van der Waals surface area (Å²) in [6.45, 7) is 5.56. The van der Waals surface area contributed by atoms with Crippen LogP contribution in [0, 0.1) is 0 Å². The highest BCUT2D eigenvalue weighted by Crippen LogP contribution is 2.14. The van der Waals surface area contributed by atoms with Gasteiger partial charge in [0, 0.05) is 13.1 Å². The number of rotatable bonds is 26. The molecule has 0 aromatic rings. The Balaban J connectivity index is 3.60. The number of carbonyl (C=O) groups is 2. The number of nitrogens with zero attached hydrogens (tertiary/aromatic N) is 2. The molecule has 36 heavy (non-hydrogen) atoms. The second kappa shape index (κ2) is 27.7. The average Bonchev–Trinajstić information content (AvgIpc) is 2.88. The first-order valence-electron chi connectivity index (χ1n) is 15.6. The van der Waals surface area contributed by atoms with Crippen molar-refractivity contribution in [2.24, 2.45) is 0 Å². The van der Waals surface area contributed by atoms with E-state index in [0.717, 1.165) is 25.7 Å². The van der Waals surface area contributed by atoms with E-state index < -0.39 is 11.8 Å². The van der Waals surface area contributed by atoms with Crippen molar-refractivity contribution in [1.29, 1.82) is 0 Å².